The van der Waals surface area contributed by atoms with Gasteiger partial charge in [-0.15, -0.1) is 0 Å². The Hall–Kier alpha value is -1.46. The second-order valence-electron chi connectivity index (χ2n) is 5.79. The minimum atomic E-state index is -0.481. The van der Waals surface area contributed by atoms with Gasteiger partial charge in [0, 0.05) is 30.2 Å². The van der Waals surface area contributed by atoms with Gasteiger partial charge in [0.15, 0.2) is 0 Å². The average molecular weight is 329 g/mol. The van der Waals surface area contributed by atoms with Crippen molar-refractivity contribution in [2.45, 2.75) is 39.8 Å². The third-order valence-electron chi connectivity index (χ3n) is 2.61. The highest BCUT2D eigenvalue weighted by Gasteiger charge is 2.15. The van der Waals surface area contributed by atoms with Crippen molar-refractivity contribution in [1.82, 2.24) is 10.6 Å². The largest absolute Gasteiger partial charge is 0.494 e. The van der Waals surface area contributed by atoms with Crippen LogP contribution in [0.5, 0.6) is 5.75 Å². The van der Waals surface area contributed by atoms with Crippen molar-refractivity contribution in [3.8, 4) is 5.75 Å². The second kappa shape index (κ2) is 8.86. The normalized spacial score (nSPS) is 11.1. The molecule has 0 radical (unpaired) electrons. The van der Waals surface area contributed by atoms with Crippen molar-refractivity contribution in [3.63, 3.8) is 0 Å². The van der Waals surface area contributed by atoms with E-state index in [2.05, 4.69) is 10.6 Å². The van der Waals surface area contributed by atoms with Crippen LogP contribution < -0.4 is 15.4 Å². The second-order valence-corrected chi connectivity index (χ2v) is 6.23. The molecule has 1 rings (SSSR count). The molecule has 0 spiro atoms. The van der Waals surface area contributed by atoms with Crippen molar-refractivity contribution < 1.29 is 14.3 Å². The van der Waals surface area contributed by atoms with Crippen LogP contribution in [0.25, 0.3) is 0 Å². The van der Waals surface area contributed by atoms with Gasteiger partial charge in [-0.1, -0.05) is 11.6 Å². The van der Waals surface area contributed by atoms with Crippen molar-refractivity contribution in [1.29, 1.82) is 0 Å². The SMILES string of the molecule is CCOc1ccc(Cl)cc1CNCCNC(=O)OC(C)(C)C. The maximum Gasteiger partial charge on any atom is 0.407 e. The van der Waals surface area contributed by atoms with E-state index in [9.17, 15) is 4.79 Å². The highest BCUT2D eigenvalue weighted by molar-refractivity contribution is 6.30. The Morgan fingerprint density at radius 2 is 2.00 bits per heavy atom. The number of benzene rings is 1. The molecule has 0 atom stereocenters. The molecule has 0 aliphatic heterocycles. The molecule has 1 aromatic carbocycles. The molecule has 0 fully saturated rings. The summed E-state index contributed by atoms with van der Waals surface area (Å²) < 4.78 is 10.7. The molecule has 124 valence electrons. The molecule has 2 N–H and O–H groups in total. The van der Waals surface area contributed by atoms with Gasteiger partial charge in [-0.25, -0.2) is 4.79 Å². The van der Waals surface area contributed by atoms with Crippen LogP contribution in [0.1, 0.15) is 33.3 Å². The van der Waals surface area contributed by atoms with E-state index in [1.807, 2.05) is 39.8 Å². The van der Waals surface area contributed by atoms with Crippen LogP contribution in [0.2, 0.25) is 5.02 Å². The molecule has 5 nitrogen and oxygen atoms in total. The zero-order chi connectivity index (χ0) is 16.6. The van der Waals surface area contributed by atoms with Gasteiger partial charge in [0.1, 0.15) is 11.4 Å². The van der Waals surface area contributed by atoms with Gasteiger partial charge < -0.3 is 20.1 Å². The van der Waals surface area contributed by atoms with Gasteiger partial charge in [0.2, 0.25) is 0 Å². The monoisotopic (exact) mass is 328 g/mol. The highest BCUT2D eigenvalue weighted by atomic mass is 35.5. The number of nitrogens with one attached hydrogen (secondary N) is 2. The Kier molecular flexibility index (Phi) is 7.48. The van der Waals surface area contributed by atoms with Gasteiger partial charge in [-0.2, -0.15) is 0 Å². The predicted molar refractivity (Wildman–Crippen MR) is 88.6 cm³/mol. The fraction of sp³-hybridized carbons (Fsp3) is 0.562. The van der Waals surface area contributed by atoms with Gasteiger partial charge in [-0.3, -0.25) is 0 Å². The summed E-state index contributed by atoms with van der Waals surface area (Å²) in [6.07, 6.45) is -0.410. The summed E-state index contributed by atoms with van der Waals surface area (Å²) in [4.78, 5) is 11.5. The zero-order valence-corrected chi connectivity index (χ0v) is 14.4. The first-order chi connectivity index (χ1) is 10.3. The van der Waals surface area contributed by atoms with E-state index in [-0.39, 0.29) is 0 Å². The Balaban J connectivity index is 2.33. The minimum Gasteiger partial charge on any atom is -0.494 e. The molecular formula is C16H25ClN2O3. The number of hydrogen-bond acceptors (Lipinski definition) is 4. The number of amides is 1. The number of halogens is 1. The molecule has 0 bridgehead atoms. The lowest BCUT2D eigenvalue weighted by atomic mass is 10.2. The van der Waals surface area contributed by atoms with Crippen molar-refractivity contribution >= 4 is 17.7 Å². The summed E-state index contributed by atoms with van der Waals surface area (Å²) in [6, 6.07) is 5.54. The van der Waals surface area contributed by atoms with E-state index >= 15 is 0 Å². The molecule has 0 aliphatic rings. The first kappa shape index (κ1) is 18.6. The van der Waals surface area contributed by atoms with Crippen LogP contribution in [0, 0.1) is 0 Å². The smallest absolute Gasteiger partial charge is 0.407 e. The summed E-state index contributed by atoms with van der Waals surface area (Å²) in [6.45, 7) is 9.77. The Bertz CT molecular complexity index is 487. The maximum absolute atomic E-state index is 11.5. The van der Waals surface area contributed by atoms with Crippen LogP contribution in [-0.2, 0) is 11.3 Å². The molecule has 1 aromatic rings. The molecule has 0 aliphatic carbocycles. The van der Waals surface area contributed by atoms with Gasteiger partial charge in [0.25, 0.3) is 0 Å². The van der Waals surface area contributed by atoms with E-state index in [1.54, 1.807) is 6.07 Å². The van der Waals surface area contributed by atoms with E-state index in [1.165, 1.54) is 0 Å². The number of carbonyl (C=O) groups is 1. The van der Waals surface area contributed by atoms with Crippen LogP contribution >= 0.6 is 11.6 Å². The number of ether oxygens (including phenoxy) is 2. The van der Waals surface area contributed by atoms with Gasteiger partial charge >= 0.3 is 6.09 Å². The predicted octanol–water partition coefficient (Wildman–Crippen LogP) is 3.35. The zero-order valence-electron chi connectivity index (χ0n) is 13.7. The quantitative estimate of drug-likeness (QED) is 0.754. The molecule has 0 saturated heterocycles. The van der Waals surface area contributed by atoms with Gasteiger partial charge in [-0.05, 0) is 45.9 Å². The summed E-state index contributed by atoms with van der Waals surface area (Å²) in [5.41, 5.74) is 0.511. The lowest BCUT2D eigenvalue weighted by molar-refractivity contribution is 0.0528. The van der Waals surface area contributed by atoms with Crippen molar-refractivity contribution in [2.75, 3.05) is 19.7 Å². The molecule has 22 heavy (non-hydrogen) atoms. The first-order valence-electron chi connectivity index (χ1n) is 7.40. The molecule has 0 heterocycles. The Labute approximate surface area is 137 Å². The summed E-state index contributed by atoms with van der Waals surface area (Å²) >= 11 is 6.00. The average Bonchev–Trinajstić information content (AvgIpc) is 2.39. The summed E-state index contributed by atoms with van der Waals surface area (Å²) in [5.74, 6) is 0.819. The molecular weight excluding hydrogens is 304 g/mol. The molecule has 6 heteroatoms. The molecule has 0 aromatic heterocycles. The van der Waals surface area contributed by atoms with Crippen LogP contribution in [0.4, 0.5) is 4.79 Å². The number of carbonyl (C=O) groups excluding carboxylic acids is 1. The van der Waals surface area contributed by atoms with Crippen molar-refractivity contribution in [3.05, 3.63) is 28.8 Å². The van der Waals surface area contributed by atoms with Crippen LogP contribution in [0.15, 0.2) is 18.2 Å². The molecule has 0 saturated carbocycles. The third-order valence-corrected chi connectivity index (χ3v) is 2.84. The lowest BCUT2D eigenvalue weighted by Crippen LogP contribution is -2.36. The van der Waals surface area contributed by atoms with Gasteiger partial charge in [0.05, 0.1) is 6.61 Å². The Morgan fingerprint density at radius 3 is 2.64 bits per heavy atom. The highest BCUT2D eigenvalue weighted by Crippen LogP contribution is 2.22. The summed E-state index contributed by atoms with van der Waals surface area (Å²) in [5, 5.41) is 6.61. The van der Waals surface area contributed by atoms with E-state index in [0.29, 0.717) is 31.3 Å². The standard InChI is InChI=1S/C16H25ClN2O3/c1-5-21-14-7-6-13(17)10-12(14)11-18-8-9-19-15(20)22-16(2,3)4/h6-7,10,18H,5,8-9,11H2,1-4H3,(H,19,20). The van der Waals surface area contributed by atoms with Crippen LogP contribution in [0.3, 0.4) is 0 Å². The van der Waals surface area contributed by atoms with Crippen molar-refractivity contribution in [2.24, 2.45) is 0 Å². The maximum atomic E-state index is 11.5. The number of hydrogen-bond donors (Lipinski definition) is 2. The number of alkyl carbamates (subject to hydrolysis) is 1. The van der Waals surface area contributed by atoms with E-state index in [4.69, 9.17) is 21.1 Å². The molecule has 1 amide bonds. The van der Waals surface area contributed by atoms with E-state index in [0.717, 1.165) is 11.3 Å². The fourth-order valence-corrected chi connectivity index (χ4v) is 1.97. The lowest BCUT2D eigenvalue weighted by Gasteiger charge is -2.19. The van der Waals surface area contributed by atoms with E-state index < -0.39 is 11.7 Å². The first-order valence-corrected chi connectivity index (χ1v) is 7.78. The third kappa shape index (κ3) is 7.52. The Morgan fingerprint density at radius 1 is 1.27 bits per heavy atom. The minimum absolute atomic E-state index is 0.410. The van der Waals surface area contributed by atoms with Crippen LogP contribution in [-0.4, -0.2) is 31.4 Å². The molecule has 0 unspecified atom stereocenters. The summed E-state index contributed by atoms with van der Waals surface area (Å²) in [7, 11) is 0. The number of rotatable bonds is 7. The topological polar surface area (TPSA) is 59.6 Å². The fourth-order valence-electron chi connectivity index (χ4n) is 1.77.